The van der Waals surface area contributed by atoms with Gasteiger partial charge in [-0.2, -0.15) is 9.57 Å². The van der Waals surface area contributed by atoms with Crippen LogP contribution in [0.4, 0.5) is 0 Å². The Balaban J connectivity index is 1.53. The van der Waals surface area contributed by atoms with Crippen LogP contribution in [0.25, 0.3) is 5.69 Å². The summed E-state index contributed by atoms with van der Waals surface area (Å²) in [5, 5.41) is 9.66. The van der Waals surface area contributed by atoms with E-state index in [2.05, 4.69) is 0 Å². The van der Waals surface area contributed by atoms with Crippen LogP contribution < -0.4 is 4.74 Å². The summed E-state index contributed by atoms with van der Waals surface area (Å²) in [5.74, 6) is 0.0911. The molecule has 8 nitrogen and oxygen atoms in total. The molecule has 3 aromatic rings. The maximum atomic E-state index is 13.2. The van der Waals surface area contributed by atoms with Crippen molar-refractivity contribution < 1.29 is 17.9 Å². The zero-order valence-corrected chi connectivity index (χ0v) is 19.4. The molecule has 0 bridgehead atoms. The van der Waals surface area contributed by atoms with E-state index in [1.54, 1.807) is 29.2 Å². The van der Waals surface area contributed by atoms with Gasteiger partial charge in [0.2, 0.25) is 10.0 Å². The number of nitrogens with zero attached hydrogens (tertiary/aromatic N) is 4. The number of sulfonamides is 1. The standard InChI is InChI=1S/C23H21ClN4O4S/c1-32-21-15-20(26-8-4-5-9-26)19(24)14-18(21)23(29)27-10-12-28(13-11-27)33(30,31)22-7-3-2-6-17(22)16-25/h2-9,14-15H,10-13H2,1H3. The Hall–Kier alpha value is -3.32. The zero-order valence-electron chi connectivity index (χ0n) is 17.8. The molecule has 1 aliphatic heterocycles. The number of halogens is 1. The number of nitriles is 1. The number of ether oxygens (including phenoxy) is 1. The van der Waals surface area contributed by atoms with E-state index in [0.29, 0.717) is 22.0 Å². The average Bonchev–Trinajstić information content (AvgIpc) is 3.38. The second-order valence-electron chi connectivity index (χ2n) is 7.40. The monoisotopic (exact) mass is 484 g/mol. The van der Waals surface area contributed by atoms with E-state index in [1.165, 1.54) is 23.5 Å². The molecule has 10 heteroatoms. The number of hydrogen-bond acceptors (Lipinski definition) is 5. The Kier molecular flexibility index (Phi) is 6.42. The molecule has 0 N–H and O–H groups in total. The van der Waals surface area contributed by atoms with Gasteiger partial charge in [-0.05, 0) is 30.3 Å². The predicted molar refractivity (Wildman–Crippen MR) is 123 cm³/mol. The van der Waals surface area contributed by atoms with Gasteiger partial charge >= 0.3 is 0 Å². The molecule has 0 atom stereocenters. The van der Waals surface area contributed by atoms with Crippen molar-refractivity contribution in [2.45, 2.75) is 4.90 Å². The van der Waals surface area contributed by atoms with Gasteiger partial charge in [0.05, 0.1) is 33.8 Å². The molecule has 33 heavy (non-hydrogen) atoms. The van der Waals surface area contributed by atoms with Crippen LogP contribution in [0.1, 0.15) is 15.9 Å². The summed E-state index contributed by atoms with van der Waals surface area (Å²) in [6.45, 7) is 0.635. The van der Waals surface area contributed by atoms with Gasteiger partial charge in [0.1, 0.15) is 11.8 Å². The first-order valence-electron chi connectivity index (χ1n) is 10.2. The third kappa shape index (κ3) is 4.33. The predicted octanol–water partition coefficient (Wildman–Crippen LogP) is 3.16. The summed E-state index contributed by atoms with van der Waals surface area (Å²) in [6, 6.07) is 15.0. The highest BCUT2D eigenvalue weighted by molar-refractivity contribution is 7.89. The molecule has 1 aliphatic rings. The third-order valence-electron chi connectivity index (χ3n) is 5.53. The van der Waals surface area contributed by atoms with Crippen molar-refractivity contribution in [1.82, 2.24) is 13.8 Å². The van der Waals surface area contributed by atoms with Gasteiger partial charge in [0, 0.05) is 44.6 Å². The first kappa shape index (κ1) is 22.9. The largest absolute Gasteiger partial charge is 0.496 e. The lowest BCUT2D eigenvalue weighted by Crippen LogP contribution is -2.50. The highest BCUT2D eigenvalue weighted by Gasteiger charge is 2.32. The quantitative estimate of drug-likeness (QED) is 0.554. The Morgan fingerprint density at radius 1 is 1.06 bits per heavy atom. The summed E-state index contributed by atoms with van der Waals surface area (Å²) in [4.78, 5) is 14.8. The van der Waals surface area contributed by atoms with Crippen LogP contribution in [-0.4, -0.2) is 61.4 Å². The van der Waals surface area contributed by atoms with E-state index >= 15 is 0 Å². The molecular weight excluding hydrogens is 464 g/mol. The molecular formula is C23H21ClN4O4S. The Labute approximate surface area is 197 Å². The van der Waals surface area contributed by atoms with E-state index in [1.807, 2.05) is 35.2 Å². The first-order valence-corrected chi connectivity index (χ1v) is 12.0. The van der Waals surface area contributed by atoms with E-state index < -0.39 is 10.0 Å². The fraction of sp³-hybridized carbons (Fsp3) is 0.217. The van der Waals surface area contributed by atoms with Gasteiger partial charge in [-0.1, -0.05) is 23.7 Å². The molecule has 1 amide bonds. The third-order valence-corrected chi connectivity index (χ3v) is 7.79. The number of benzene rings is 2. The SMILES string of the molecule is COc1cc(-n2cccc2)c(Cl)cc1C(=O)N1CCN(S(=O)(=O)c2ccccc2C#N)CC1. The van der Waals surface area contributed by atoms with Crippen LogP contribution in [-0.2, 0) is 10.0 Å². The number of piperazine rings is 1. The minimum Gasteiger partial charge on any atom is -0.496 e. The van der Waals surface area contributed by atoms with Crippen molar-refractivity contribution >= 4 is 27.5 Å². The van der Waals surface area contributed by atoms with Gasteiger partial charge in [-0.25, -0.2) is 8.42 Å². The molecule has 1 aromatic heterocycles. The van der Waals surface area contributed by atoms with Crippen LogP contribution >= 0.6 is 11.6 Å². The number of carbonyl (C=O) groups excluding carboxylic acids is 1. The van der Waals surface area contributed by atoms with E-state index in [0.717, 1.165) is 0 Å². The molecule has 1 fully saturated rings. The number of methoxy groups -OCH3 is 1. The van der Waals surface area contributed by atoms with Gasteiger partial charge in [-0.15, -0.1) is 0 Å². The van der Waals surface area contributed by atoms with Crippen LogP contribution in [0.5, 0.6) is 5.75 Å². The summed E-state index contributed by atoms with van der Waals surface area (Å²) >= 11 is 6.45. The molecule has 4 rings (SSSR count). The molecule has 0 saturated carbocycles. The first-order chi connectivity index (χ1) is 15.9. The van der Waals surface area contributed by atoms with E-state index in [4.69, 9.17) is 16.3 Å². The topological polar surface area (TPSA) is 95.6 Å². The van der Waals surface area contributed by atoms with Crippen LogP contribution in [0, 0.1) is 11.3 Å². The lowest BCUT2D eigenvalue weighted by Gasteiger charge is -2.34. The lowest BCUT2D eigenvalue weighted by atomic mass is 10.1. The van der Waals surface area contributed by atoms with Gasteiger partial charge in [-0.3, -0.25) is 4.79 Å². The number of amides is 1. The molecule has 0 unspecified atom stereocenters. The molecule has 170 valence electrons. The normalized spacial score (nSPS) is 14.6. The summed E-state index contributed by atoms with van der Waals surface area (Å²) in [5.41, 5.74) is 1.09. The van der Waals surface area contributed by atoms with Gasteiger partial charge in [0.25, 0.3) is 5.91 Å². The Bertz CT molecular complexity index is 1320. The highest BCUT2D eigenvalue weighted by atomic mass is 35.5. The van der Waals surface area contributed by atoms with Gasteiger partial charge in [0.15, 0.2) is 0 Å². The number of rotatable bonds is 5. The molecule has 0 spiro atoms. The summed E-state index contributed by atoms with van der Waals surface area (Å²) in [7, 11) is -2.36. The van der Waals surface area contributed by atoms with Crippen molar-refractivity contribution in [3.05, 3.63) is 77.1 Å². The second-order valence-corrected chi connectivity index (χ2v) is 9.71. The second kappa shape index (κ2) is 9.27. The number of hydrogen-bond donors (Lipinski definition) is 0. The molecule has 2 aromatic carbocycles. The average molecular weight is 485 g/mol. The fourth-order valence-corrected chi connectivity index (χ4v) is 5.62. The number of aromatic nitrogens is 1. The highest BCUT2D eigenvalue weighted by Crippen LogP contribution is 2.31. The maximum Gasteiger partial charge on any atom is 0.257 e. The van der Waals surface area contributed by atoms with Crippen molar-refractivity contribution in [1.29, 1.82) is 5.26 Å². The zero-order chi connectivity index (χ0) is 23.6. The van der Waals surface area contributed by atoms with Gasteiger partial charge < -0.3 is 14.2 Å². The Morgan fingerprint density at radius 3 is 2.36 bits per heavy atom. The molecule has 2 heterocycles. The fourth-order valence-electron chi connectivity index (χ4n) is 3.80. The van der Waals surface area contributed by atoms with Crippen molar-refractivity contribution in [3.63, 3.8) is 0 Å². The minimum atomic E-state index is -3.84. The van der Waals surface area contributed by atoms with E-state index in [-0.39, 0.29) is 42.5 Å². The minimum absolute atomic E-state index is 0.0265. The Morgan fingerprint density at radius 2 is 1.73 bits per heavy atom. The van der Waals surface area contributed by atoms with Crippen molar-refractivity contribution in [3.8, 4) is 17.5 Å². The maximum absolute atomic E-state index is 13.2. The van der Waals surface area contributed by atoms with Crippen LogP contribution in [0.3, 0.4) is 0 Å². The van der Waals surface area contributed by atoms with Crippen molar-refractivity contribution in [2.24, 2.45) is 0 Å². The summed E-state index contributed by atoms with van der Waals surface area (Å²) in [6.07, 6.45) is 3.68. The number of carbonyl (C=O) groups is 1. The molecule has 0 aliphatic carbocycles. The molecule has 1 saturated heterocycles. The van der Waals surface area contributed by atoms with Crippen molar-refractivity contribution in [2.75, 3.05) is 33.3 Å². The summed E-state index contributed by atoms with van der Waals surface area (Å²) < 4.78 is 34.7. The lowest BCUT2D eigenvalue weighted by molar-refractivity contribution is 0.0694. The van der Waals surface area contributed by atoms with Crippen LogP contribution in [0.15, 0.2) is 65.8 Å². The smallest absolute Gasteiger partial charge is 0.257 e. The van der Waals surface area contributed by atoms with Crippen LogP contribution in [0.2, 0.25) is 5.02 Å². The van der Waals surface area contributed by atoms with E-state index in [9.17, 15) is 18.5 Å². The molecule has 0 radical (unpaired) electrons.